The maximum atomic E-state index is 5.53. The van der Waals surface area contributed by atoms with Crippen molar-refractivity contribution in [1.29, 1.82) is 0 Å². The second-order valence-electron chi connectivity index (χ2n) is 4.33. The summed E-state index contributed by atoms with van der Waals surface area (Å²) in [7, 11) is 3.46. The number of aryl methyl sites for hydroxylation is 2. The minimum atomic E-state index is 0.504. The van der Waals surface area contributed by atoms with Gasteiger partial charge in [0.15, 0.2) is 0 Å². The molecular weight excluding hydrogens is 228 g/mol. The topological polar surface area (TPSA) is 47.3 Å². The fraction of sp³-hybridized carbons (Fsp3) is 0.357. The van der Waals surface area contributed by atoms with Gasteiger partial charge in [0.25, 0.3) is 6.01 Å². The van der Waals surface area contributed by atoms with Crippen molar-refractivity contribution in [3.05, 3.63) is 29.0 Å². The molecule has 0 unspecified atom stereocenters. The van der Waals surface area contributed by atoms with E-state index in [-0.39, 0.29) is 0 Å². The summed E-state index contributed by atoms with van der Waals surface area (Å²) < 4.78 is 10.8. The average Bonchev–Trinajstić information content (AvgIpc) is 2.81. The third kappa shape index (κ3) is 1.94. The number of anilines is 1. The molecule has 1 N–H and O–H groups in total. The third-order valence-electron chi connectivity index (χ3n) is 3.16. The number of aromatic nitrogens is 1. The highest BCUT2D eigenvalue weighted by atomic mass is 16.5. The van der Waals surface area contributed by atoms with Crippen molar-refractivity contribution >= 4 is 6.01 Å². The molecule has 18 heavy (non-hydrogen) atoms. The molecular formula is C14H18N2O2. The zero-order valence-electron chi connectivity index (χ0n) is 11.4. The van der Waals surface area contributed by atoms with E-state index in [9.17, 15) is 0 Å². The molecule has 0 fully saturated rings. The molecule has 0 atom stereocenters. The third-order valence-corrected chi connectivity index (χ3v) is 3.16. The molecule has 1 aromatic carbocycles. The van der Waals surface area contributed by atoms with Gasteiger partial charge in [-0.15, -0.1) is 0 Å². The van der Waals surface area contributed by atoms with E-state index in [1.807, 2.05) is 0 Å². The Morgan fingerprint density at radius 2 is 1.94 bits per heavy atom. The molecule has 0 aliphatic rings. The van der Waals surface area contributed by atoms with E-state index in [0.717, 1.165) is 28.1 Å². The summed E-state index contributed by atoms with van der Waals surface area (Å²) in [4.78, 5) is 4.38. The molecule has 0 saturated heterocycles. The highest BCUT2D eigenvalue weighted by molar-refractivity contribution is 5.74. The summed E-state index contributed by atoms with van der Waals surface area (Å²) in [6.45, 7) is 6.19. The Bertz CT molecular complexity index is 573. The van der Waals surface area contributed by atoms with Crippen LogP contribution in [0.2, 0.25) is 0 Å². The van der Waals surface area contributed by atoms with Crippen LogP contribution >= 0.6 is 0 Å². The number of hydrogen-bond donors (Lipinski definition) is 1. The van der Waals surface area contributed by atoms with E-state index in [2.05, 4.69) is 37.1 Å². The van der Waals surface area contributed by atoms with Crippen LogP contribution in [0.1, 0.15) is 16.7 Å². The molecule has 1 heterocycles. The molecule has 0 saturated carbocycles. The van der Waals surface area contributed by atoms with Gasteiger partial charge in [-0.1, -0.05) is 6.07 Å². The van der Waals surface area contributed by atoms with E-state index in [4.69, 9.17) is 9.15 Å². The average molecular weight is 246 g/mol. The lowest BCUT2D eigenvalue weighted by Gasteiger charge is -2.14. The minimum Gasteiger partial charge on any atom is -0.496 e. The van der Waals surface area contributed by atoms with E-state index in [1.54, 1.807) is 20.4 Å². The fourth-order valence-corrected chi connectivity index (χ4v) is 2.13. The predicted molar refractivity (Wildman–Crippen MR) is 72.2 cm³/mol. The van der Waals surface area contributed by atoms with Crippen molar-refractivity contribution in [2.75, 3.05) is 19.5 Å². The Labute approximate surface area is 107 Å². The van der Waals surface area contributed by atoms with Gasteiger partial charge < -0.3 is 14.5 Å². The lowest BCUT2D eigenvalue weighted by Crippen LogP contribution is -1.97. The molecule has 0 aliphatic carbocycles. The van der Waals surface area contributed by atoms with Crippen LogP contribution in [-0.2, 0) is 0 Å². The van der Waals surface area contributed by atoms with Gasteiger partial charge in [0, 0.05) is 12.6 Å². The smallest absolute Gasteiger partial charge is 0.294 e. The minimum absolute atomic E-state index is 0.504. The van der Waals surface area contributed by atoms with Crippen LogP contribution in [0.5, 0.6) is 5.75 Å². The van der Waals surface area contributed by atoms with Crippen molar-refractivity contribution in [2.24, 2.45) is 0 Å². The second-order valence-corrected chi connectivity index (χ2v) is 4.33. The van der Waals surface area contributed by atoms with Crippen LogP contribution in [-0.4, -0.2) is 19.1 Å². The molecule has 2 aromatic rings. The Hall–Kier alpha value is -1.97. The van der Waals surface area contributed by atoms with Gasteiger partial charge in [0.1, 0.15) is 17.7 Å². The summed E-state index contributed by atoms with van der Waals surface area (Å²) in [5, 5.41) is 2.88. The number of oxazole rings is 1. The van der Waals surface area contributed by atoms with Crippen molar-refractivity contribution in [3.8, 4) is 17.0 Å². The summed E-state index contributed by atoms with van der Waals surface area (Å²) in [6, 6.07) is 2.64. The second kappa shape index (κ2) is 4.72. The normalized spacial score (nSPS) is 10.5. The van der Waals surface area contributed by atoms with Gasteiger partial charge in [-0.25, -0.2) is 0 Å². The van der Waals surface area contributed by atoms with Gasteiger partial charge in [0.2, 0.25) is 0 Å². The fourth-order valence-electron chi connectivity index (χ4n) is 2.13. The largest absolute Gasteiger partial charge is 0.496 e. The molecule has 0 radical (unpaired) electrons. The zero-order valence-corrected chi connectivity index (χ0v) is 11.4. The van der Waals surface area contributed by atoms with Crippen LogP contribution in [0.4, 0.5) is 6.01 Å². The van der Waals surface area contributed by atoms with E-state index < -0.39 is 0 Å². The first-order valence-electron chi connectivity index (χ1n) is 5.87. The Morgan fingerprint density at radius 3 is 2.50 bits per heavy atom. The monoisotopic (exact) mass is 246 g/mol. The van der Waals surface area contributed by atoms with E-state index in [1.165, 1.54) is 5.56 Å². The lowest BCUT2D eigenvalue weighted by atomic mass is 9.97. The number of benzene rings is 1. The molecule has 2 rings (SSSR count). The highest BCUT2D eigenvalue weighted by Crippen LogP contribution is 2.37. The van der Waals surface area contributed by atoms with Crippen LogP contribution < -0.4 is 10.1 Å². The van der Waals surface area contributed by atoms with Gasteiger partial charge in [-0.2, -0.15) is 4.98 Å². The standard InChI is InChI=1S/C14H18N2O2/c1-8-6-9(2)12(13(17-5)10(8)3)11-7-18-14(15-4)16-11/h6-7H,1-5H3,(H,15,16). The molecule has 4 heteroatoms. The van der Waals surface area contributed by atoms with Crippen LogP contribution in [0.3, 0.4) is 0 Å². The van der Waals surface area contributed by atoms with Gasteiger partial charge in [-0.05, 0) is 37.5 Å². The van der Waals surface area contributed by atoms with Crippen molar-refractivity contribution in [2.45, 2.75) is 20.8 Å². The summed E-state index contributed by atoms with van der Waals surface area (Å²) >= 11 is 0. The number of rotatable bonds is 3. The summed E-state index contributed by atoms with van der Waals surface area (Å²) in [6.07, 6.45) is 1.64. The van der Waals surface area contributed by atoms with E-state index in [0.29, 0.717) is 6.01 Å². The zero-order chi connectivity index (χ0) is 13.3. The number of methoxy groups -OCH3 is 1. The van der Waals surface area contributed by atoms with Crippen molar-refractivity contribution in [3.63, 3.8) is 0 Å². The number of nitrogens with zero attached hydrogens (tertiary/aromatic N) is 1. The van der Waals surface area contributed by atoms with Crippen molar-refractivity contribution in [1.82, 2.24) is 4.98 Å². The summed E-state index contributed by atoms with van der Waals surface area (Å²) in [5.74, 6) is 0.864. The van der Waals surface area contributed by atoms with E-state index >= 15 is 0 Å². The van der Waals surface area contributed by atoms with Crippen LogP contribution in [0.25, 0.3) is 11.3 Å². The van der Waals surface area contributed by atoms with Crippen LogP contribution in [0, 0.1) is 20.8 Å². The summed E-state index contributed by atoms with van der Waals surface area (Å²) in [5.41, 5.74) is 5.26. The SMILES string of the molecule is CNc1nc(-c2c(C)cc(C)c(C)c2OC)co1. The highest BCUT2D eigenvalue weighted by Gasteiger charge is 2.17. The molecule has 0 spiro atoms. The lowest BCUT2D eigenvalue weighted by molar-refractivity contribution is 0.412. The van der Waals surface area contributed by atoms with Gasteiger partial charge in [0.05, 0.1) is 7.11 Å². The molecule has 0 aliphatic heterocycles. The van der Waals surface area contributed by atoms with Gasteiger partial charge >= 0.3 is 0 Å². The molecule has 4 nitrogen and oxygen atoms in total. The molecule has 0 amide bonds. The maximum absolute atomic E-state index is 5.53. The van der Waals surface area contributed by atoms with Crippen molar-refractivity contribution < 1.29 is 9.15 Å². The molecule has 1 aromatic heterocycles. The number of ether oxygens (including phenoxy) is 1. The van der Waals surface area contributed by atoms with Gasteiger partial charge in [-0.3, -0.25) is 0 Å². The number of hydrogen-bond acceptors (Lipinski definition) is 4. The first-order chi connectivity index (χ1) is 8.58. The molecule has 96 valence electrons. The van der Waals surface area contributed by atoms with Crippen LogP contribution in [0.15, 0.2) is 16.7 Å². The Morgan fingerprint density at radius 1 is 1.22 bits per heavy atom. The number of nitrogens with one attached hydrogen (secondary N) is 1. The Kier molecular flexibility index (Phi) is 3.28. The maximum Gasteiger partial charge on any atom is 0.294 e. The Balaban J connectivity index is 2.66. The predicted octanol–water partition coefficient (Wildman–Crippen LogP) is 3.32. The first-order valence-corrected chi connectivity index (χ1v) is 5.87. The molecule has 0 bridgehead atoms. The first kappa shape index (κ1) is 12.5. The quantitative estimate of drug-likeness (QED) is 0.902.